The number of aliphatic imine (C=N–C) groups is 1. The molecule has 10 heavy (non-hydrogen) atoms. The molecule has 1 N–H and O–H groups in total. The van der Waals surface area contributed by atoms with Crippen LogP contribution in [0.3, 0.4) is 0 Å². The van der Waals surface area contributed by atoms with Crippen molar-refractivity contribution < 1.29 is 9.90 Å². The van der Waals surface area contributed by atoms with E-state index in [1.807, 2.05) is 0 Å². The summed E-state index contributed by atoms with van der Waals surface area (Å²) in [6, 6.07) is 1.32. The highest BCUT2D eigenvalue weighted by atomic mass is 16.3. The predicted molar refractivity (Wildman–Crippen MR) is 33.7 cm³/mol. The maximum absolute atomic E-state index is 9.68. The first-order chi connectivity index (χ1) is 4.83. The first-order valence-electron chi connectivity index (χ1n) is 2.55. The van der Waals surface area contributed by atoms with Gasteiger partial charge < -0.3 is 5.11 Å². The molecule has 0 fully saturated rings. The number of aromatic hydroxyl groups is 1. The molecule has 0 aliphatic carbocycles. The third-order valence-electron chi connectivity index (χ3n) is 0.884. The van der Waals surface area contributed by atoms with E-state index in [4.69, 9.17) is 5.11 Å². The molecule has 0 aliphatic rings. The molecule has 0 aromatic carbocycles. The summed E-state index contributed by atoms with van der Waals surface area (Å²) in [5, 5.41) is 8.79. The molecule has 4 nitrogen and oxygen atoms in total. The molecule has 0 radical (unpaired) electrons. The van der Waals surface area contributed by atoms with Crippen molar-refractivity contribution >= 4 is 11.8 Å². The molecule has 0 unspecified atom stereocenters. The molecule has 0 atom stereocenters. The second kappa shape index (κ2) is 2.75. The lowest BCUT2D eigenvalue weighted by molar-refractivity contribution is 0.473. The van der Waals surface area contributed by atoms with E-state index < -0.39 is 0 Å². The van der Waals surface area contributed by atoms with Crippen LogP contribution in [0.15, 0.2) is 23.5 Å². The topological polar surface area (TPSA) is 62.5 Å². The summed E-state index contributed by atoms with van der Waals surface area (Å²) in [7, 11) is 0. The molecule has 0 saturated carbocycles. The van der Waals surface area contributed by atoms with E-state index in [-0.39, 0.29) is 5.75 Å². The van der Waals surface area contributed by atoms with Gasteiger partial charge >= 0.3 is 0 Å². The molecular formula is C6H4N2O2. The van der Waals surface area contributed by atoms with Crippen LogP contribution in [0.1, 0.15) is 0 Å². The molecule has 0 saturated heterocycles. The molecule has 50 valence electrons. The van der Waals surface area contributed by atoms with Crippen molar-refractivity contribution in [3.63, 3.8) is 0 Å². The summed E-state index contributed by atoms with van der Waals surface area (Å²) in [6.07, 6.45) is 3.94. The molecule has 4 heteroatoms. The first kappa shape index (κ1) is 6.45. The Morgan fingerprint density at radius 3 is 3.00 bits per heavy atom. The van der Waals surface area contributed by atoms with Crippen molar-refractivity contribution in [2.45, 2.75) is 0 Å². The largest absolute Gasteiger partial charge is 0.506 e. The fraction of sp³-hybridized carbons (Fsp3) is 0. The van der Waals surface area contributed by atoms with Crippen LogP contribution in [0, 0.1) is 0 Å². The average Bonchev–Trinajstić information content (AvgIpc) is 1.88. The zero-order valence-electron chi connectivity index (χ0n) is 4.98. The number of carbonyl (C=O) groups excluding carboxylic acids is 1. The molecule has 0 amide bonds. The lowest BCUT2D eigenvalue weighted by atomic mass is 10.4. The molecule has 1 aromatic heterocycles. The van der Waals surface area contributed by atoms with Crippen molar-refractivity contribution in [3.05, 3.63) is 18.5 Å². The van der Waals surface area contributed by atoms with Crippen LogP contribution in [0.25, 0.3) is 0 Å². The van der Waals surface area contributed by atoms with Gasteiger partial charge in [0.25, 0.3) is 0 Å². The van der Waals surface area contributed by atoms with E-state index in [0.717, 1.165) is 0 Å². The predicted octanol–water partition coefficient (Wildman–Crippen LogP) is 0.754. The number of hydrogen-bond donors (Lipinski definition) is 1. The maximum Gasteiger partial charge on any atom is 0.240 e. The molecule has 1 heterocycles. The van der Waals surface area contributed by atoms with Crippen LogP contribution in [0.5, 0.6) is 5.75 Å². The lowest BCUT2D eigenvalue weighted by Gasteiger charge is -1.88. The van der Waals surface area contributed by atoms with E-state index in [1.165, 1.54) is 24.5 Å². The summed E-state index contributed by atoms with van der Waals surface area (Å²) < 4.78 is 0. The van der Waals surface area contributed by atoms with Gasteiger partial charge in [-0.05, 0) is 0 Å². The minimum Gasteiger partial charge on any atom is -0.506 e. The van der Waals surface area contributed by atoms with Gasteiger partial charge in [-0.2, -0.15) is 4.99 Å². The minimum atomic E-state index is -0.0171. The van der Waals surface area contributed by atoms with E-state index >= 15 is 0 Å². The van der Waals surface area contributed by atoms with Gasteiger partial charge in [-0.1, -0.05) is 0 Å². The van der Waals surface area contributed by atoms with Crippen LogP contribution in [0.2, 0.25) is 0 Å². The van der Waals surface area contributed by atoms with E-state index in [9.17, 15) is 4.79 Å². The number of hydrogen-bond acceptors (Lipinski definition) is 4. The van der Waals surface area contributed by atoms with Crippen molar-refractivity contribution in [2.75, 3.05) is 0 Å². The minimum absolute atomic E-state index is 0.0171. The second-order valence-electron chi connectivity index (χ2n) is 1.60. The summed E-state index contributed by atoms with van der Waals surface area (Å²) >= 11 is 0. The Labute approximate surface area is 56.9 Å². The SMILES string of the molecule is O=C=Nc1cncc(O)c1. The Balaban J connectivity index is 3.06. The smallest absolute Gasteiger partial charge is 0.240 e. The Bertz CT molecular complexity index is 279. The van der Waals surface area contributed by atoms with E-state index in [0.29, 0.717) is 5.69 Å². The number of rotatable bonds is 1. The quantitative estimate of drug-likeness (QED) is 0.457. The van der Waals surface area contributed by atoms with Gasteiger partial charge in [0.15, 0.2) is 0 Å². The molecule has 0 bridgehead atoms. The van der Waals surface area contributed by atoms with Crippen LogP contribution < -0.4 is 0 Å². The highest BCUT2D eigenvalue weighted by molar-refractivity contribution is 5.48. The first-order valence-corrected chi connectivity index (χ1v) is 2.55. The van der Waals surface area contributed by atoms with Crippen molar-refractivity contribution in [2.24, 2.45) is 4.99 Å². The molecular weight excluding hydrogens is 132 g/mol. The monoisotopic (exact) mass is 136 g/mol. The summed E-state index contributed by atoms with van der Waals surface area (Å²) in [5.74, 6) is -0.0171. The van der Waals surface area contributed by atoms with Crippen molar-refractivity contribution in [3.8, 4) is 5.75 Å². The summed E-state index contributed by atoms with van der Waals surface area (Å²) in [4.78, 5) is 16.5. The third-order valence-corrected chi connectivity index (χ3v) is 0.884. The number of pyridine rings is 1. The van der Waals surface area contributed by atoms with E-state index in [2.05, 4.69) is 9.98 Å². The molecule has 1 rings (SSSR count). The van der Waals surface area contributed by atoms with Gasteiger partial charge in [-0.25, -0.2) is 4.79 Å². The maximum atomic E-state index is 9.68. The Morgan fingerprint density at radius 2 is 2.40 bits per heavy atom. The van der Waals surface area contributed by atoms with Gasteiger partial charge in [0.1, 0.15) is 5.75 Å². The van der Waals surface area contributed by atoms with Gasteiger partial charge in [0.2, 0.25) is 6.08 Å². The molecule has 0 spiro atoms. The Kier molecular flexibility index (Phi) is 1.78. The highest BCUT2D eigenvalue weighted by Crippen LogP contribution is 2.14. The fourth-order valence-electron chi connectivity index (χ4n) is 0.530. The molecule has 1 aromatic rings. The summed E-state index contributed by atoms with van der Waals surface area (Å²) in [6.45, 7) is 0. The average molecular weight is 136 g/mol. The van der Waals surface area contributed by atoms with Crippen molar-refractivity contribution in [1.82, 2.24) is 4.98 Å². The van der Waals surface area contributed by atoms with Gasteiger partial charge in [0.05, 0.1) is 18.1 Å². The van der Waals surface area contributed by atoms with Crippen LogP contribution in [-0.2, 0) is 4.79 Å². The Morgan fingerprint density at radius 1 is 1.60 bits per heavy atom. The Hall–Kier alpha value is -1.67. The van der Waals surface area contributed by atoms with Gasteiger partial charge in [-0.3, -0.25) is 4.98 Å². The van der Waals surface area contributed by atoms with Gasteiger partial charge in [0, 0.05) is 6.07 Å². The fourth-order valence-corrected chi connectivity index (χ4v) is 0.530. The third kappa shape index (κ3) is 1.40. The standard InChI is InChI=1S/C6H4N2O2/c9-4-8-5-1-6(10)3-7-2-5/h1-3,10H. The zero-order valence-corrected chi connectivity index (χ0v) is 4.98. The van der Waals surface area contributed by atoms with Crippen LogP contribution in [0.4, 0.5) is 5.69 Å². The van der Waals surface area contributed by atoms with Crippen molar-refractivity contribution in [1.29, 1.82) is 0 Å². The highest BCUT2D eigenvalue weighted by Gasteiger charge is 1.89. The van der Waals surface area contributed by atoms with E-state index in [1.54, 1.807) is 0 Å². The lowest BCUT2D eigenvalue weighted by Crippen LogP contribution is -1.69. The van der Waals surface area contributed by atoms with Crippen LogP contribution >= 0.6 is 0 Å². The van der Waals surface area contributed by atoms with Crippen LogP contribution in [-0.4, -0.2) is 16.2 Å². The normalized spacial score (nSPS) is 8.40. The van der Waals surface area contributed by atoms with Gasteiger partial charge in [-0.15, -0.1) is 0 Å². The number of isocyanates is 1. The summed E-state index contributed by atoms with van der Waals surface area (Å²) in [5.41, 5.74) is 0.301. The number of aromatic nitrogens is 1. The molecule has 0 aliphatic heterocycles. The zero-order chi connectivity index (χ0) is 7.40. The number of nitrogens with zero attached hydrogens (tertiary/aromatic N) is 2. The second-order valence-corrected chi connectivity index (χ2v) is 1.60.